The van der Waals surface area contributed by atoms with Gasteiger partial charge in [-0.2, -0.15) is 0 Å². The van der Waals surface area contributed by atoms with Crippen LogP contribution in [0.25, 0.3) is 0 Å². The van der Waals surface area contributed by atoms with E-state index >= 15 is 0 Å². The molecule has 0 amide bonds. The van der Waals surface area contributed by atoms with Gasteiger partial charge in [-0.1, -0.05) is 0 Å². The SMILES string of the molecule is Cc1cc(C)nc(NC(=NCCN2CCOCC2)NC(=S)NCC2CCCO2)n1. The van der Waals surface area contributed by atoms with E-state index in [4.69, 9.17) is 21.7 Å². The molecule has 2 saturated heterocycles. The number of aryl methyl sites for hydroxylation is 2. The lowest BCUT2D eigenvalue weighted by molar-refractivity contribution is 0.0394. The van der Waals surface area contributed by atoms with Crippen molar-refractivity contribution in [2.45, 2.75) is 32.8 Å². The van der Waals surface area contributed by atoms with Gasteiger partial charge in [0, 0.05) is 44.2 Å². The average Bonchev–Trinajstić information content (AvgIpc) is 3.20. The van der Waals surface area contributed by atoms with Crippen LogP contribution < -0.4 is 16.0 Å². The molecule has 0 aromatic carbocycles. The summed E-state index contributed by atoms with van der Waals surface area (Å²) in [4.78, 5) is 15.9. The summed E-state index contributed by atoms with van der Waals surface area (Å²) in [5.41, 5.74) is 1.79. The summed E-state index contributed by atoms with van der Waals surface area (Å²) in [6, 6.07) is 1.93. The molecule has 0 saturated carbocycles. The van der Waals surface area contributed by atoms with Gasteiger partial charge in [-0.05, 0) is 45.0 Å². The highest BCUT2D eigenvalue weighted by molar-refractivity contribution is 7.80. The maximum absolute atomic E-state index is 5.63. The van der Waals surface area contributed by atoms with Crippen LogP contribution in [0.3, 0.4) is 0 Å². The van der Waals surface area contributed by atoms with Gasteiger partial charge in [0.2, 0.25) is 11.9 Å². The molecule has 1 aromatic heterocycles. The molecule has 3 rings (SSSR count). The monoisotopic (exact) mass is 421 g/mol. The normalized spacial score (nSPS) is 20.5. The first-order chi connectivity index (χ1) is 14.1. The van der Waals surface area contributed by atoms with E-state index in [9.17, 15) is 0 Å². The van der Waals surface area contributed by atoms with Crippen molar-refractivity contribution in [1.29, 1.82) is 0 Å². The number of morpholine rings is 1. The summed E-state index contributed by atoms with van der Waals surface area (Å²) < 4.78 is 11.0. The van der Waals surface area contributed by atoms with Gasteiger partial charge in [-0.15, -0.1) is 0 Å². The summed E-state index contributed by atoms with van der Waals surface area (Å²) in [6.07, 6.45) is 2.38. The van der Waals surface area contributed by atoms with Gasteiger partial charge < -0.3 is 20.1 Å². The first-order valence-corrected chi connectivity index (χ1v) is 10.6. The lowest BCUT2D eigenvalue weighted by atomic mass is 10.2. The van der Waals surface area contributed by atoms with Gasteiger partial charge >= 0.3 is 0 Å². The molecule has 9 nitrogen and oxygen atoms in total. The van der Waals surface area contributed by atoms with Gasteiger partial charge in [0.25, 0.3) is 0 Å². The van der Waals surface area contributed by atoms with Crippen molar-refractivity contribution in [2.24, 2.45) is 4.99 Å². The Kier molecular flexibility index (Phi) is 8.53. The van der Waals surface area contributed by atoms with Gasteiger partial charge in [-0.3, -0.25) is 15.2 Å². The number of aliphatic imine (C=N–C) groups is 1. The maximum atomic E-state index is 5.63. The van der Waals surface area contributed by atoms with E-state index in [1.54, 1.807) is 0 Å². The largest absolute Gasteiger partial charge is 0.379 e. The third-order valence-electron chi connectivity index (χ3n) is 4.75. The van der Waals surface area contributed by atoms with Crippen LogP contribution >= 0.6 is 12.2 Å². The topological polar surface area (TPSA) is 95.9 Å². The van der Waals surface area contributed by atoms with Crippen LogP contribution in [0.1, 0.15) is 24.2 Å². The molecular weight excluding hydrogens is 390 g/mol. The lowest BCUT2D eigenvalue weighted by Gasteiger charge is -2.25. The summed E-state index contributed by atoms with van der Waals surface area (Å²) in [5.74, 6) is 1.04. The number of guanidine groups is 1. The molecular formula is C19H31N7O2S. The smallest absolute Gasteiger partial charge is 0.229 e. The summed E-state index contributed by atoms with van der Waals surface area (Å²) in [6.45, 7) is 10.3. The van der Waals surface area contributed by atoms with Crippen molar-refractivity contribution in [2.75, 3.05) is 57.9 Å². The van der Waals surface area contributed by atoms with Crippen molar-refractivity contribution in [1.82, 2.24) is 25.5 Å². The third kappa shape index (κ3) is 7.81. The second-order valence-corrected chi connectivity index (χ2v) is 7.66. The minimum absolute atomic E-state index is 0.215. The fourth-order valence-electron chi connectivity index (χ4n) is 3.29. The number of ether oxygens (including phenoxy) is 2. The Balaban J connectivity index is 1.57. The molecule has 160 valence electrons. The number of aromatic nitrogens is 2. The Labute approximate surface area is 177 Å². The molecule has 0 radical (unpaired) electrons. The van der Waals surface area contributed by atoms with E-state index < -0.39 is 0 Å². The van der Waals surface area contributed by atoms with Crippen LogP contribution in [0.4, 0.5) is 5.95 Å². The van der Waals surface area contributed by atoms with Crippen LogP contribution in [0.2, 0.25) is 0 Å². The van der Waals surface area contributed by atoms with Gasteiger partial charge in [0.1, 0.15) is 0 Å². The molecule has 29 heavy (non-hydrogen) atoms. The van der Waals surface area contributed by atoms with E-state index in [1.165, 1.54) is 0 Å². The van der Waals surface area contributed by atoms with Crippen LogP contribution in [0, 0.1) is 13.8 Å². The lowest BCUT2D eigenvalue weighted by Crippen LogP contribution is -2.45. The Bertz CT molecular complexity index is 684. The molecule has 1 aromatic rings. The third-order valence-corrected chi connectivity index (χ3v) is 4.99. The van der Waals surface area contributed by atoms with Crippen LogP contribution in [-0.2, 0) is 9.47 Å². The predicted molar refractivity (Wildman–Crippen MR) is 117 cm³/mol. The Morgan fingerprint density at radius 1 is 1.24 bits per heavy atom. The maximum Gasteiger partial charge on any atom is 0.229 e. The van der Waals surface area contributed by atoms with Crippen molar-refractivity contribution in [3.05, 3.63) is 17.5 Å². The van der Waals surface area contributed by atoms with Crippen molar-refractivity contribution >= 4 is 29.2 Å². The molecule has 1 atom stereocenters. The van der Waals surface area contributed by atoms with Gasteiger partial charge in [-0.25, -0.2) is 9.97 Å². The zero-order valence-electron chi connectivity index (χ0n) is 17.2. The molecule has 2 aliphatic heterocycles. The van der Waals surface area contributed by atoms with Crippen molar-refractivity contribution in [3.8, 4) is 0 Å². The standard InChI is InChI=1S/C19H31N7O2S/c1-14-12-15(2)23-18(22-14)24-17(20-5-6-26-7-10-27-11-8-26)25-19(29)21-13-16-4-3-9-28-16/h12,16H,3-11,13H2,1-2H3,(H3,20,21,22,23,24,25,29). The molecule has 1 unspecified atom stereocenters. The number of nitrogens with zero attached hydrogens (tertiary/aromatic N) is 4. The van der Waals surface area contributed by atoms with E-state index in [1.807, 2.05) is 19.9 Å². The van der Waals surface area contributed by atoms with Crippen molar-refractivity contribution in [3.63, 3.8) is 0 Å². The number of anilines is 1. The summed E-state index contributed by atoms with van der Waals surface area (Å²) >= 11 is 5.44. The second kappa shape index (κ2) is 11.3. The van der Waals surface area contributed by atoms with Gasteiger partial charge in [0.05, 0.1) is 25.9 Å². The molecule has 3 N–H and O–H groups in total. The summed E-state index contributed by atoms with van der Waals surface area (Å²) in [5, 5.41) is 10.0. The highest BCUT2D eigenvalue weighted by atomic mass is 32.1. The number of rotatable bonds is 6. The second-order valence-electron chi connectivity index (χ2n) is 7.25. The van der Waals surface area contributed by atoms with Gasteiger partial charge in [0.15, 0.2) is 5.11 Å². The first-order valence-electron chi connectivity index (χ1n) is 10.2. The highest BCUT2D eigenvalue weighted by Gasteiger charge is 2.16. The fraction of sp³-hybridized carbons (Fsp3) is 0.684. The number of thiocarbonyl (C=S) groups is 1. The van der Waals surface area contributed by atoms with Crippen LogP contribution in [0.15, 0.2) is 11.1 Å². The molecule has 10 heteroatoms. The average molecular weight is 422 g/mol. The minimum Gasteiger partial charge on any atom is -0.379 e. The Morgan fingerprint density at radius 3 is 2.69 bits per heavy atom. The number of nitrogens with one attached hydrogen (secondary N) is 3. The molecule has 3 heterocycles. The first kappa shape index (κ1) is 21.8. The number of hydrogen-bond acceptors (Lipinski definition) is 7. The molecule has 2 aliphatic rings. The zero-order chi connectivity index (χ0) is 20.5. The van der Waals surface area contributed by atoms with Crippen molar-refractivity contribution < 1.29 is 9.47 Å². The molecule has 2 fully saturated rings. The highest BCUT2D eigenvalue weighted by Crippen LogP contribution is 2.10. The van der Waals surface area contributed by atoms with Crippen LogP contribution in [0.5, 0.6) is 0 Å². The van der Waals surface area contributed by atoms with E-state index in [0.717, 1.165) is 63.7 Å². The number of hydrogen-bond donors (Lipinski definition) is 3. The Morgan fingerprint density at radius 2 is 2.00 bits per heavy atom. The molecule has 0 spiro atoms. The Hall–Kier alpha value is -1.88. The predicted octanol–water partition coefficient (Wildman–Crippen LogP) is 0.837. The van der Waals surface area contributed by atoms with E-state index in [2.05, 4.69) is 35.8 Å². The fourth-order valence-corrected chi connectivity index (χ4v) is 3.47. The molecule has 0 aliphatic carbocycles. The zero-order valence-corrected chi connectivity index (χ0v) is 18.1. The molecule has 0 bridgehead atoms. The quantitative estimate of drug-likeness (QED) is 0.351. The minimum atomic E-state index is 0.215. The van der Waals surface area contributed by atoms with E-state index in [0.29, 0.717) is 30.1 Å². The van der Waals surface area contributed by atoms with E-state index in [-0.39, 0.29) is 6.10 Å². The summed E-state index contributed by atoms with van der Waals surface area (Å²) in [7, 11) is 0. The van der Waals surface area contributed by atoms with Crippen LogP contribution in [-0.4, -0.2) is 84.6 Å².